The maximum absolute atomic E-state index is 11.3. The number of benzene rings is 1. The Hall–Kier alpha value is -2.43. The third kappa shape index (κ3) is 3.56. The smallest absolute Gasteiger partial charge is 0.225 e. The standard InChI is InChI=1S/C16H18N4O/c1-10-9-15(20-16(17-10)19-14-7-8-14)18-13-5-3-12(4-6-13)11(2)21/h3-6,9,14H,7-8H2,1-2H3,(H2,17,18,19,20). The minimum atomic E-state index is 0.0651. The van der Waals surface area contributed by atoms with Gasteiger partial charge < -0.3 is 10.6 Å². The lowest BCUT2D eigenvalue weighted by Gasteiger charge is -2.09. The first-order chi connectivity index (χ1) is 10.1. The van der Waals surface area contributed by atoms with E-state index in [0.29, 0.717) is 17.6 Å². The Morgan fingerprint density at radius 1 is 1.19 bits per heavy atom. The molecule has 1 aromatic heterocycles. The summed E-state index contributed by atoms with van der Waals surface area (Å²) < 4.78 is 0. The van der Waals surface area contributed by atoms with Gasteiger partial charge in [0.2, 0.25) is 5.95 Å². The van der Waals surface area contributed by atoms with Crippen LogP contribution in [0.15, 0.2) is 30.3 Å². The SMILES string of the molecule is CC(=O)c1ccc(Nc2cc(C)nc(NC3CC3)n2)cc1. The Morgan fingerprint density at radius 3 is 2.52 bits per heavy atom. The molecule has 0 atom stereocenters. The number of hydrogen-bond acceptors (Lipinski definition) is 5. The lowest BCUT2D eigenvalue weighted by molar-refractivity contribution is 0.101. The first kappa shape index (κ1) is 13.5. The molecule has 2 N–H and O–H groups in total. The zero-order valence-corrected chi connectivity index (χ0v) is 12.2. The van der Waals surface area contributed by atoms with Crippen molar-refractivity contribution in [2.75, 3.05) is 10.6 Å². The lowest BCUT2D eigenvalue weighted by Crippen LogP contribution is -2.07. The van der Waals surface area contributed by atoms with Crippen LogP contribution in [0.25, 0.3) is 0 Å². The van der Waals surface area contributed by atoms with Crippen molar-refractivity contribution in [2.24, 2.45) is 0 Å². The van der Waals surface area contributed by atoms with Gasteiger partial charge in [0.05, 0.1) is 0 Å². The Morgan fingerprint density at radius 2 is 1.90 bits per heavy atom. The highest BCUT2D eigenvalue weighted by molar-refractivity contribution is 5.94. The number of aromatic nitrogens is 2. The molecule has 0 aliphatic heterocycles. The maximum Gasteiger partial charge on any atom is 0.225 e. The molecule has 5 heteroatoms. The monoisotopic (exact) mass is 282 g/mol. The summed E-state index contributed by atoms with van der Waals surface area (Å²) in [5.74, 6) is 1.48. The van der Waals surface area contributed by atoms with Gasteiger partial charge in [0, 0.05) is 29.1 Å². The minimum absolute atomic E-state index is 0.0651. The number of nitrogens with zero attached hydrogens (tertiary/aromatic N) is 2. The largest absolute Gasteiger partial charge is 0.351 e. The predicted molar refractivity (Wildman–Crippen MR) is 83.1 cm³/mol. The van der Waals surface area contributed by atoms with E-state index >= 15 is 0 Å². The molecule has 1 aliphatic carbocycles. The first-order valence-corrected chi connectivity index (χ1v) is 7.10. The normalized spacial score (nSPS) is 13.8. The van der Waals surface area contributed by atoms with Crippen molar-refractivity contribution < 1.29 is 4.79 Å². The van der Waals surface area contributed by atoms with E-state index in [2.05, 4.69) is 20.6 Å². The van der Waals surface area contributed by atoms with E-state index in [4.69, 9.17) is 0 Å². The average molecular weight is 282 g/mol. The van der Waals surface area contributed by atoms with Gasteiger partial charge in [-0.3, -0.25) is 4.79 Å². The van der Waals surface area contributed by atoms with Gasteiger partial charge in [-0.15, -0.1) is 0 Å². The number of carbonyl (C=O) groups excluding carboxylic acids is 1. The van der Waals surface area contributed by atoms with Gasteiger partial charge in [0.25, 0.3) is 0 Å². The highest BCUT2D eigenvalue weighted by Gasteiger charge is 2.22. The van der Waals surface area contributed by atoms with Crippen molar-refractivity contribution in [3.05, 3.63) is 41.6 Å². The molecule has 0 bridgehead atoms. The van der Waals surface area contributed by atoms with Gasteiger partial charge in [-0.05, 0) is 51.0 Å². The second-order valence-electron chi connectivity index (χ2n) is 5.40. The molecule has 0 saturated heterocycles. The molecule has 1 saturated carbocycles. The van der Waals surface area contributed by atoms with Crippen molar-refractivity contribution in [1.29, 1.82) is 0 Å². The Labute approximate surface area is 123 Å². The molecule has 0 amide bonds. The maximum atomic E-state index is 11.3. The van der Waals surface area contributed by atoms with Crippen LogP contribution in [0.4, 0.5) is 17.5 Å². The number of nitrogens with one attached hydrogen (secondary N) is 2. The van der Waals surface area contributed by atoms with E-state index in [9.17, 15) is 4.79 Å². The molecule has 5 nitrogen and oxygen atoms in total. The summed E-state index contributed by atoms with van der Waals surface area (Å²) in [6.45, 7) is 3.51. The number of hydrogen-bond donors (Lipinski definition) is 2. The van der Waals surface area contributed by atoms with E-state index < -0.39 is 0 Å². The van der Waals surface area contributed by atoms with Crippen LogP contribution < -0.4 is 10.6 Å². The summed E-state index contributed by atoms with van der Waals surface area (Å²) in [5.41, 5.74) is 2.52. The van der Waals surface area contributed by atoms with E-state index in [1.807, 2.05) is 37.3 Å². The van der Waals surface area contributed by atoms with Crippen molar-refractivity contribution in [2.45, 2.75) is 32.7 Å². The Bertz CT molecular complexity index is 662. The summed E-state index contributed by atoms with van der Waals surface area (Å²) in [4.78, 5) is 20.1. The molecule has 0 radical (unpaired) electrons. The van der Waals surface area contributed by atoms with Gasteiger partial charge in [-0.25, -0.2) is 4.98 Å². The van der Waals surface area contributed by atoms with Crippen molar-refractivity contribution in [3.63, 3.8) is 0 Å². The van der Waals surface area contributed by atoms with Crippen LogP contribution in [-0.4, -0.2) is 21.8 Å². The van der Waals surface area contributed by atoms with Gasteiger partial charge in [0.15, 0.2) is 5.78 Å². The fourth-order valence-corrected chi connectivity index (χ4v) is 2.04. The molecular formula is C16H18N4O. The fraction of sp³-hybridized carbons (Fsp3) is 0.312. The molecule has 21 heavy (non-hydrogen) atoms. The van der Waals surface area contributed by atoms with Crippen LogP contribution in [0.5, 0.6) is 0 Å². The zero-order valence-electron chi connectivity index (χ0n) is 12.2. The summed E-state index contributed by atoms with van der Waals surface area (Å²) in [7, 11) is 0. The number of Topliss-reactive ketones (excluding diaryl/α,β-unsaturated/α-hetero) is 1. The number of aryl methyl sites for hydroxylation is 1. The van der Waals surface area contributed by atoms with Gasteiger partial charge in [-0.1, -0.05) is 0 Å². The molecule has 0 unspecified atom stereocenters. The summed E-state index contributed by atoms with van der Waals surface area (Å²) in [6.07, 6.45) is 2.37. The quantitative estimate of drug-likeness (QED) is 0.824. The van der Waals surface area contributed by atoms with Crippen LogP contribution in [0.2, 0.25) is 0 Å². The Kier molecular flexibility index (Phi) is 3.56. The fourth-order valence-electron chi connectivity index (χ4n) is 2.04. The molecule has 2 aromatic rings. The van der Waals surface area contributed by atoms with Crippen LogP contribution in [-0.2, 0) is 0 Å². The molecule has 3 rings (SSSR count). The predicted octanol–water partition coefficient (Wildman–Crippen LogP) is 3.31. The van der Waals surface area contributed by atoms with Crippen LogP contribution in [0.1, 0.15) is 35.8 Å². The minimum Gasteiger partial charge on any atom is -0.351 e. The van der Waals surface area contributed by atoms with Crippen LogP contribution >= 0.6 is 0 Å². The second-order valence-corrected chi connectivity index (χ2v) is 5.40. The highest BCUT2D eigenvalue weighted by Crippen LogP contribution is 2.24. The molecular weight excluding hydrogens is 264 g/mol. The topological polar surface area (TPSA) is 66.9 Å². The molecule has 1 aromatic carbocycles. The van der Waals surface area contributed by atoms with Gasteiger partial charge >= 0.3 is 0 Å². The van der Waals surface area contributed by atoms with Crippen molar-refractivity contribution >= 4 is 23.2 Å². The molecule has 108 valence electrons. The highest BCUT2D eigenvalue weighted by atomic mass is 16.1. The lowest BCUT2D eigenvalue weighted by atomic mass is 10.1. The summed E-state index contributed by atoms with van der Waals surface area (Å²) >= 11 is 0. The number of carbonyl (C=O) groups is 1. The van der Waals surface area contributed by atoms with Crippen molar-refractivity contribution in [3.8, 4) is 0 Å². The number of ketones is 1. The second kappa shape index (κ2) is 5.52. The summed E-state index contributed by atoms with van der Waals surface area (Å²) in [6, 6.07) is 9.79. The molecule has 0 spiro atoms. The zero-order chi connectivity index (χ0) is 14.8. The Balaban J connectivity index is 1.76. The van der Waals surface area contributed by atoms with E-state index in [1.54, 1.807) is 6.92 Å². The van der Waals surface area contributed by atoms with E-state index in [1.165, 1.54) is 12.8 Å². The molecule has 1 heterocycles. The van der Waals surface area contributed by atoms with E-state index in [0.717, 1.165) is 17.2 Å². The summed E-state index contributed by atoms with van der Waals surface area (Å²) in [5, 5.41) is 6.54. The molecule has 1 aliphatic rings. The van der Waals surface area contributed by atoms with Crippen molar-refractivity contribution in [1.82, 2.24) is 9.97 Å². The average Bonchev–Trinajstić information content (AvgIpc) is 3.22. The number of anilines is 3. The third-order valence-corrected chi connectivity index (χ3v) is 3.33. The van der Waals surface area contributed by atoms with Crippen LogP contribution in [0, 0.1) is 6.92 Å². The third-order valence-electron chi connectivity index (χ3n) is 3.33. The van der Waals surface area contributed by atoms with E-state index in [-0.39, 0.29) is 5.78 Å². The molecule has 1 fully saturated rings. The van der Waals surface area contributed by atoms with Gasteiger partial charge in [-0.2, -0.15) is 4.98 Å². The van der Waals surface area contributed by atoms with Crippen LogP contribution in [0.3, 0.4) is 0 Å². The first-order valence-electron chi connectivity index (χ1n) is 7.10. The van der Waals surface area contributed by atoms with Gasteiger partial charge in [0.1, 0.15) is 5.82 Å². The number of rotatable bonds is 5.